The topological polar surface area (TPSA) is 135 Å². The normalized spacial score (nSPS) is 19.6. The van der Waals surface area contributed by atoms with Gasteiger partial charge in [-0.15, -0.1) is 5.10 Å². The summed E-state index contributed by atoms with van der Waals surface area (Å²) in [6.45, 7) is 0.352. The second kappa shape index (κ2) is 7.95. The van der Waals surface area contributed by atoms with Crippen LogP contribution in [0.1, 0.15) is 36.2 Å². The van der Waals surface area contributed by atoms with Gasteiger partial charge in [-0.25, -0.2) is 9.50 Å². The average molecular weight is 384 g/mol. The molecule has 4 rings (SSSR count). The molecular formula is C18H24N8O2. The van der Waals surface area contributed by atoms with Crippen molar-refractivity contribution in [3.05, 3.63) is 36.4 Å². The van der Waals surface area contributed by atoms with Gasteiger partial charge in [0.1, 0.15) is 5.69 Å². The Morgan fingerprint density at radius 2 is 2.14 bits per heavy atom. The van der Waals surface area contributed by atoms with Crippen LogP contribution < -0.4 is 16.4 Å². The lowest BCUT2D eigenvalue weighted by atomic mass is 9.91. The van der Waals surface area contributed by atoms with Crippen molar-refractivity contribution in [3.8, 4) is 0 Å². The van der Waals surface area contributed by atoms with Crippen LogP contribution in [-0.2, 0) is 6.54 Å². The molecule has 0 aliphatic heterocycles. The average Bonchev–Trinajstić information content (AvgIpc) is 3.30. The van der Waals surface area contributed by atoms with Crippen LogP contribution in [0.2, 0.25) is 0 Å². The Bertz CT molecular complexity index is 966. The van der Waals surface area contributed by atoms with E-state index in [4.69, 9.17) is 10.8 Å². The van der Waals surface area contributed by atoms with Gasteiger partial charge in [0.05, 0.1) is 36.7 Å². The number of hydrogen-bond acceptors (Lipinski definition) is 7. The SMILES string of the molecule is N[C@H]1CCCC[C@H]1Nc1ncc2ccc(C(=O)Nc3cnn(CCO)c3)n2n1. The van der Waals surface area contributed by atoms with E-state index in [2.05, 4.69) is 25.8 Å². The number of aliphatic hydroxyl groups excluding tert-OH is 1. The number of nitrogens with two attached hydrogens (primary N) is 1. The molecule has 5 N–H and O–H groups in total. The number of aliphatic hydroxyl groups is 1. The molecule has 28 heavy (non-hydrogen) atoms. The van der Waals surface area contributed by atoms with Gasteiger partial charge in [-0.3, -0.25) is 9.48 Å². The van der Waals surface area contributed by atoms with Gasteiger partial charge in [-0.2, -0.15) is 5.10 Å². The molecule has 1 saturated carbocycles. The summed E-state index contributed by atoms with van der Waals surface area (Å²) in [4.78, 5) is 17.0. The third kappa shape index (κ3) is 3.82. The van der Waals surface area contributed by atoms with Crippen LogP contribution >= 0.6 is 0 Å². The quantitative estimate of drug-likeness (QED) is 0.495. The van der Waals surface area contributed by atoms with E-state index in [1.807, 2.05) is 0 Å². The van der Waals surface area contributed by atoms with Crippen LogP contribution in [0.3, 0.4) is 0 Å². The molecule has 148 valence electrons. The Labute approximate surface area is 161 Å². The van der Waals surface area contributed by atoms with E-state index in [1.54, 1.807) is 33.7 Å². The van der Waals surface area contributed by atoms with Crippen molar-refractivity contribution in [2.24, 2.45) is 5.73 Å². The standard InChI is InChI=1S/C18H24N8O2/c19-14-3-1-2-4-15(14)23-18-20-10-13-5-6-16(26(13)24-18)17(28)22-12-9-21-25(11-12)7-8-27/h5-6,9-11,14-15,27H,1-4,7-8,19H2,(H,22,28)(H,23,24)/t14-,15+/m0/s1. The van der Waals surface area contributed by atoms with E-state index in [-0.39, 0.29) is 24.6 Å². The van der Waals surface area contributed by atoms with Crippen molar-refractivity contribution < 1.29 is 9.90 Å². The molecule has 10 nitrogen and oxygen atoms in total. The van der Waals surface area contributed by atoms with Gasteiger partial charge in [-0.1, -0.05) is 12.8 Å². The summed E-state index contributed by atoms with van der Waals surface area (Å²) in [5.74, 6) is 0.151. The zero-order chi connectivity index (χ0) is 19.5. The van der Waals surface area contributed by atoms with Crippen molar-refractivity contribution in [1.29, 1.82) is 0 Å². The van der Waals surface area contributed by atoms with Gasteiger partial charge in [0.25, 0.3) is 5.91 Å². The van der Waals surface area contributed by atoms with E-state index < -0.39 is 0 Å². The minimum atomic E-state index is -0.303. The second-order valence-electron chi connectivity index (χ2n) is 7.01. The first-order valence-corrected chi connectivity index (χ1v) is 9.45. The van der Waals surface area contributed by atoms with Crippen LogP contribution in [0.25, 0.3) is 5.52 Å². The van der Waals surface area contributed by atoms with Crippen LogP contribution in [0.15, 0.2) is 30.7 Å². The number of carbonyl (C=O) groups excluding carboxylic acids is 1. The molecule has 3 heterocycles. The van der Waals surface area contributed by atoms with E-state index in [0.717, 1.165) is 31.2 Å². The molecule has 1 aliphatic rings. The monoisotopic (exact) mass is 384 g/mol. The highest BCUT2D eigenvalue weighted by Gasteiger charge is 2.23. The molecule has 0 saturated heterocycles. The number of anilines is 2. The number of nitrogens with one attached hydrogen (secondary N) is 2. The van der Waals surface area contributed by atoms with Gasteiger partial charge in [0.15, 0.2) is 0 Å². The second-order valence-corrected chi connectivity index (χ2v) is 7.01. The fourth-order valence-corrected chi connectivity index (χ4v) is 3.49. The number of aromatic nitrogens is 5. The number of nitrogens with zero attached hydrogens (tertiary/aromatic N) is 5. The van der Waals surface area contributed by atoms with Gasteiger partial charge < -0.3 is 21.5 Å². The van der Waals surface area contributed by atoms with Crippen LogP contribution in [0, 0.1) is 0 Å². The van der Waals surface area contributed by atoms with Crippen LogP contribution in [0.4, 0.5) is 11.6 Å². The third-order valence-corrected chi connectivity index (χ3v) is 4.99. The number of hydrogen-bond donors (Lipinski definition) is 4. The van der Waals surface area contributed by atoms with Crippen molar-refractivity contribution >= 4 is 23.1 Å². The Morgan fingerprint density at radius 3 is 2.96 bits per heavy atom. The lowest BCUT2D eigenvalue weighted by Gasteiger charge is -2.29. The van der Waals surface area contributed by atoms with Crippen molar-refractivity contribution in [2.45, 2.75) is 44.3 Å². The molecule has 0 aromatic carbocycles. The van der Waals surface area contributed by atoms with Crippen molar-refractivity contribution in [1.82, 2.24) is 24.4 Å². The Hall–Kier alpha value is -2.98. The zero-order valence-electron chi connectivity index (χ0n) is 15.5. The highest BCUT2D eigenvalue weighted by molar-refractivity contribution is 6.03. The minimum Gasteiger partial charge on any atom is -0.394 e. The maximum absolute atomic E-state index is 12.7. The maximum Gasteiger partial charge on any atom is 0.274 e. The summed E-state index contributed by atoms with van der Waals surface area (Å²) in [7, 11) is 0. The molecular weight excluding hydrogens is 360 g/mol. The smallest absolute Gasteiger partial charge is 0.274 e. The lowest BCUT2D eigenvalue weighted by Crippen LogP contribution is -2.43. The summed E-state index contributed by atoms with van der Waals surface area (Å²) in [6.07, 6.45) is 9.14. The van der Waals surface area contributed by atoms with Gasteiger partial charge in [0.2, 0.25) is 5.95 Å². The molecule has 0 radical (unpaired) electrons. The summed E-state index contributed by atoms with van der Waals surface area (Å²) < 4.78 is 3.13. The zero-order valence-corrected chi connectivity index (χ0v) is 15.5. The number of fused-ring (bicyclic) bond motifs is 1. The van der Waals surface area contributed by atoms with E-state index in [1.165, 1.54) is 6.20 Å². The Kier molecular flexibility index (Phi) is 5.22. The van der Waals surface area contributed by atoms with Gasteiger partial charge >= 0.3 is 0 Å². The first-order valence-electron chi connectivity index (χ1n) is 9.45. The first kappa shape index (κ1) is 18.4. The fraction of sp³-hybridized carbons (Fsp3) is 0.444. The van der Waals surface area contributed by atoms with Crippen LogP contribution in [-0.4, -0.2) is 54.1 Å². The molecule has 2 atom stereocenters. The van der Waals surface area contributed by atoms with E-state index >= 15 is 0 Å². The first-order chi connectivity index (χ1) is 13.6. The maximum atomic E-state index is 12.7. The predicted molar refractivity (Wildman–Crippen MR) is 104 cm³/mol. The molecule has 1 fully saturated rings. The molecule has 3 aromatic rings. The number of carbonyl (C=O) groups is 1. The van der Waals surface area contributed by atoms with E-state index in [9.17, 15) is 4.79 Å². The summed E-state index contributed by atoms with van der Waals surface area (Å²) >= 11 is 0. The van der Waals surface area contributed by atoms with Gasteiger partial charge in [0, 0.05) is 18.3 Å². The largest absolute Gasteiger partial charge is 0.394 e. The number of amides is 1. The highest BCUT2D eigenvalue weighted by Crippen LogP contribution is 2.20. The molecule has 0 spiro atoms. The number of rotatable bonds is 6. The van der Waals surface area contributed by atoms with Crippen molar-refractivity contribution in [3.63, 3.8) is 0 Å². The van der Waals surface area contributed by atoms with Crippen molar-refractivity contribution in [2.75, 3.05) is 17.2 Å². The van der Waals surface area contributed by atoms with E-state index in [0.29, 0.717) is 23.9 Å². The molecule has 1 aliphatic carbocycles. The van der Waals surface area contributed by atoms with Gasteiger partial charge in [-0.05, 0) is 25.0 Å². The summed E-state index contributed by atoms with van der Waals surface area (Å²) in [5.41, 5.74) is 7.86. The Balaban J connectivity index is 1.52. The molecule has 10 heteroatoms. The summed E-state index contributed by atoms with van der Waals surface area (Å²) in [5, 5.41) is 23.6. The molecule has 1 amide bonds. The molecule has 3 aromatic heterocycles. The molecule has 0 unspecified atom stereocenters. The minimum absolute atomic E-state index is 0.0181. The fourth-order valence-electron chi connectivity index (χ4n) is 3.49. The molecule has 0 bridgehead atoms. The lowest BCUT2D eigenvalue weighted by molar-refractivity contribution is 0.102. The predicted octanol–water partition coefficient (Wildman–Crippen LogP) is 0.852. The summed E-state index contributed by atoms with van der Waals surface area (Å²) in [6, 6.07) is 3.71. The van der Waals surface area contributed by atoms with Crippen LogP contribution in [0.5, 0.6) is 0 Å². The third-order valence-electron chi connectivity index (χ3n) is 4.99. The Morgan fingerprint density at radius 1 is 1.29 bits per heavy atom. The highest BCUT2D eigenvalue weighted by atomic mass is 16.3.